The van der Waals surface area contributed by atoms with Gasteiger partial charge in [-0.15, -0.1) is 0 Å². The van der Waals surface area contributed by atoms with Gasteiger partial charge in [-0.25, -0.2) is 0 Å². The summed E-state index contributed by atoms with van der Waals surface area (Å²) in [6.45, 7) is 10.4. The van der Waals surface area contributed by atoms with Gasteiger partial charge in [-0.1, -0.05) is 19.9 Å². The van der Waals surface area contributed by atoms with Crippen molar-refractivity contribution in [1.82, 2.24) is 0 Å². The maximum Gasteiger partial charge on any atom is 0.0766 e. The second-order valence-electron chi connectivity index (χ2n) is 5.97. The first-order chi connectivity index (χ1) is 7.90. The molecule has 1 heterocycles. The van der Waals surface area contributed by atoms with Crippen LogP contribution in [0.5, 0.6) is 0 Å². The molecule has 17 heavy (non-hydrogen) atoms. The summed E-state index contributed by atoms with van der Waals surface area (Å²) in [6.07, 6.45) is 0.805. The van der Waals surface area contributed by atoms with Gasteiger partial charge in [0.25, 0.3) is 0 Å². The third-order valence-electron chi connectivity index (χ3n) is 4.18. The van der Waals surface area contributed by atoms with E-state index in [9.17, 15) is 5.11 Å². The van der Waals surface area contributed by atoms with Crippen LogP contribution < -0.4 is 4.90 Å². The summed E-state index contributed by atoms with van der Waals surface area (Å²) >= 11 is 0. The normalized spacial score (nSPS) is 23.8. The molecule has 0 spiro atoms. The van der Waals surface area contributed by atoms with Gasteiger partial charge in [0.15, 0.2) is 0 Å². The highest BCUT2D eigenvalue weighted by molar-refractivity contribution is 5.51. The Balaban J connectivity index is 2.17. The molecular weight excluding hydrogens is 210 g/mol. The number of aryl methyl sites for hydroxylation is 2. The van der Waals surface area contributed by atoms with E-state index in [-0.39, 0.29) is 11.5 Å². The molecule has 1 aliphatic heterocycles. The number of benzene rings is 1. The summed E-state index contributed by atoms with van der Waals surface area (Å²) in [5, 5.41) is 10.2. The van der Waals surface area contributed by atoms with E-state index in [2.05, 4.69) is 50.8 Å². The highest BCUT2D eigenvalue weighted by Crippen LogP contribution is 2.33. The van der Waals surface area contributed by atoms with Crippen molar-refractivity contribution in [2.45, 2.75) is 40.2 Å². The van der Waals surface area contributed by atoms with Crippen molar-refractivity contribution in [2.75, 3.05) is 18.0 Å². The zero-order chi connectivity index (χ0) is 12.6. The van der Waals surface area contributed by atoms with Crippen molar-refractivity contribution in [1.29, 1.82) is 0 Å². The molecule has 0 aromatic heterocycles. The van der Waals surface area contributed by atoms with E-state index in [0.29, 0.717) is 0 Å². The molecule has 1 atom stereocenters. The molecule has 0 radical (unpaired) electrons. The molecule has 0 bridgehead atoms. The molecule has 0 amide bonds. The van der Waals surface area contributed by atoms with Gasteiger partial charge < -0.3 is 10.0 Å². The van der Waals surface area contributed by atoms with Gasteiger partial charge in [-0.3, -0.25) is 0 Å². The second-order valence-corrected chi connectivity index (χ2v) is 5.97. The highest BCUT2D eigenvalue weighted by atomic mass is 16.3. The molecule has 1 unspecified atom stereocenters. The third kappa shape index (κ3) is 2.47. The Labute approximate surface area is 104 Å². The Morgan fingerprint density at radius 3 is 2.53 bits per heavy atom. The number of β-amino-alcohol motifs (C(OH)–C–C–N with tert-alkyl or cyclic N) is 1. The lowest BCUT2D eigenvalue weighted by molar-refractivity contribution is 0.0351. The predicted molar refractivity (Wildman–Crippen MR) is 72.5 cm³/mol. The minimum absolute atomic E-state index is 0.0518. The molecule has 2 rings (SSSR count). The van der Waals surface area contributed by atoms with Crippen LogP contribution in [0.15, 0.2) is 18.2 Å². The molecule has 2 heteroatoms. The second kappa shape index (κ2) is 4.34. The first kappa shape index (κ1) is 12.4. The number of aliphatic hydroxyl groups excluding tert-OH is 1. The molecule has 2 nitrogen and oxygen atoms in total. The van der Waals surface area contributed by atoms with E-state index in [1.165, 1.54) is 16.8 Å². The fraction of sp³-hybridized carbons (Fsp3) is 0.600. The average Bonchev–Trinajstić information content (AvgIpc) is 2.26. The Morgan fingerprint density at radius 2 is 1.94 bits per heavy atom. The number of rotatable bonds is 1. The minimum atomic E-state index is -0.238. The third-order valence-corrected chi connectivity index (χ3v) is 4.18. The van der Waals surface area contributed by atoms with E-state index in [4.69, 9.17) is 0 Å². The van der Waals surface area contributed by atoms with Gasteiger partial charge in [-0.2, -0.15) is 0 Å². The summed E-state index contributed by atoms with van der Waals surface area (Å²) in [4.78, 5) is 2.29. The predicted octanol–water partition coefficient (Wildman–Crippen LogP) is 2.90. The van der Waals surface area contributed by atoms with Gasteiger partial charge in [0.2, 0.25) is 0 Å². The van der Waals surface area contributed by atoms with Crippen LogP contribution in [0.1, 0.15) is 31.4 Å². The topological polar surface area (TPSA) is 23.5 Å². The zero-order valence-electron chi connectivity index (χ0n) is 11.3. The Hall–Kier alpha value is -1.02. The fourth-order valence-corrected chi connectivity index (χ4v) is 2.29. The van der Waals surface area contributed by atoms with Crippen LogP contribution in [-0.2, 0) is 0 Å². The van der Waals surface area contributed by atoms with Crippen molar-refractivity contribution in [3.05, 3.63) is 29.3 Å². The Kier molecular flexibility index (Phi) is 3.17. The Bertz CT molecular complexity index is 411. The lowest BCUT2D eigenvalue weighted by atomic mass is 9.80. The maximum absolute atomic E-state index is 10.2. The quantitative estimate of drug-likeness (QED) is 0.806. The standard InChI is InChI=1S/C15H23NO/c1-11-5-6-13(9-12(11)2)16-8-7-15(3,4)14(17)10-16/h5-6,9,14,17H,7-8,10H2,1-4H3. The summed E-state index contributed by atoms with van der Waals surface area (Å²) in [7, 11) is 0. The van der Waals surface area contributed by atoms with Gasteiger partial charge in [0.1, 0.15) is 0 Å². The smallest absolute Gasteiger partial charge is 0.0766 e. The van der Waals surface area contributed by atoms with Crippen LogP contribution in [0.4, 0.5) is 5.69 Å². The lowest BCUT2D eigenvalue weighted by Gasteiger charge is -2.42. The number of aliphatic hydroxyl groups is 1. The van der Waals surface area contributed by atoms with E-state index in [1.807, 2.05) is 0 Å². The van der Waals surface area contributed by atoms with Gasteiger partial charge >= 0.3 is 0 Å². The van der Waals surface area contributed by atoms with Crippen LogP contribution in [-0.4, -0.2) is 24.3 Å². The van der Waals surface area contributed by atoms with E-state index in [0.717, 1.165) is 19.5 Å². The van der Waals surface area contributed by atoms with E-state index >= 15 is 0 Å². The van der Waals surface area contributed by atoms with Crippen LogP contribution in [0, 0.1) is 19.3 Å². The number of hydrogen-bond donors (Lipinski definition) is 1. The molecule has 1 aromatic carbocycles. The molecule has 94 valence electrons. The molecule has 1 N–H and O–H groups in total. The molecule has 1 saturated heterocycles. The van der Waals surface area contributed by atoms with Gasteiger partial charge in [0.05, 0.1) is 6.10 Å². The van der Waals surface area contributed by atoms with E-state index in [1.54, 1.807) is 0 Å². The van der Waals surface area contributed by atoms with Crippen molar-refractivity contribution < 1.29 is 5.11 Å². The molecular formula is C15H23NO. The maximum atomic E-state index is 10.2. The van der Waals surface area contributed by atoms with Crippen LogP contribution in [0.2, 0.25) is 0 Å². The summed E-state index contributed by atoms with van der Waals surface area (Å²) in [5.41, 5.74) is 3.94. The van der Waals surface area contributed by atoms with Crippen molar-refractivity contribution in [3.8, 4) is 0 Å². The molecule has 1 aromatic rings. The van der Waals surface area contributed by atoms with Crippen molar-refractivity contribution in [2.24, 2.45) is 5.41 Å². The lowest BCUT2D eigenvalue weighted by Crippen LogP contribution is -2.48. The van der Waals surface area contributed by atoms with Crippen LogP contribution >= 0.6 is 0 Å². The zero-order valence-corrected chi connectivity index (χ0v) is 11.3. The summed E-state index contributed by atoms with van der Waals surface area (Å²) in [5.74, 6) is 0. The fourth-order valence-electron chi connectivity index (χ4n) is 2.29. The number of anilines is 1. The molecule has 0 saturated carbocycles. The number of piperidine rings is 1. The van der Waals surface area contributed by atoms with Crippen molar-refractivity contribution >= 4 is 5.69 Å². The van der Waals surface area contributed by atoms with Gasteiger partial charge in [-0.05, 0) is 48.9 Å². The van der Waals surface area contributed by atoms with Crippen molar-refractivity contribution in [3.63, 3.8) is 0 Å². The number of hydrogen-bond acceptors (Lipinski definition) is 2. The monoisotopic (exact) mass is 233 g/mol. The SMILES string of the molecule is Cc1ccc(N2CCC(C)(C)C(O)C2)cc1C. The van der Waals surface area contributed by atoms with Crippen LogP contribution in [0.3, 0.4) is 0 Å². The average molecular weight is 233 g/mol. The summed E-state index contributed by atoms with van der Waals surface area (Å²) in [6, 6.07) is 6.55. The molecule has 1 fully saturated rings. The first-order valence-corrected chi connectivity index (χ1v) is 6.40. The molecule has 1 aliphatic rings. The Morgan fingerprint density at radius 1 is 1.24 bits per heavy atom. The first-order valence-electron chi connectivity index (χ1n) is 6.40. The largest absolute Gasteiger partial charge is 0.391 e. The number of nitrogens with zero attached hydrogens (tertiary/aromatic N) is 1. The molecule has 0 aliphatic carbocycles. The van der Waals surface area contributed by atoms with E-state index < -0.39 is 0 Å². The van der Waals surface area contributed by atoms with Crippen LogP contribution in [0.25, 0.3) is 0 Å². The minimum Gasteiger partial charge on any atom is -0.391 e. The highest BCUT2D eigenvalue weighted by Gasteiger charge is 2.34. The summed E-state index contributed by atoms with van der Waals surface area (Å²) < 4.78 is 0. The van der Waals surface area contributed by atoms with Gasteiger partial charge in [0, 0.05) is 18.8 Å².